The fourth-order valence-corrected chi connectivity index (χ4v) is 2.93. The van der Waals surface area contributed by atoms with Crippen LogP contribution in [-0.2, 0) is 16.6 Å². The summed E-state index contributed by atoms with van der Waals surface area (Å²) < 4.78 is 28.6. The number of hydrogen-bond acceptors (Lipinski definition) is 4. The standard InChI is InChI=1S/C13H17N3O3S/c1-4-16-8-13(14-10(16)3)20(18,19)15-11-7-9(2)5-6-12(11)17/h5-8,15,17H,4H2,1-3H3. The van der Waals surface area contributed by atoms with E-state index in [-0.39, 0.29) is 16.5 Å². The molecule has 0 radical (unpaired) electrons. The highest BCUT2D eigenvalue weighted by molar-refractivity contribution is 7.92. The molecule has 0 spiro atoms. The first-order chi connectivity index (χ1) is 9.33. The van der Waals surface area contributed by atoms with E-state index in [1.54, 1.807) is 23.6 Å². The molecular formula is C13H17N3O3S. The number of aromatic nitrogens is 2. The number of anilines is 1. The first-order valence-corrected chi connectivity index (χ1v) is 7.68. The summed E-state index contributed by atoms with van der Waals surface area (Å²) in [5.74, 6) is 0.507. The molecule has 0 saturated heterocycles. The van der Waals surface area contributed by atoms with Crippen molar-refractivity contribution in [2.24, 2.45) is 0 Å². The first kappa shape index (κ1) is 14.4. The second-order valence-corrected chi connectivity index (χ2v) is 6.17. The molecule has 0 amide bonds. The molecule has 0 aliphatic heterocycles. The zero-order valence-corrected chi connectivity index (χ0v) is 12.4. The maximum absolute atomic E-state index is 12.2. The molecule has 0 fully saturated rings. The Labute approximate surface area is 118 Å². The van der Waals surface area contributed by atoms with Crippen molar-refractivity contribution in [2.75, 3.05) is 4.72 Å². The van der Waals surface area contributed by atoms with Gasteiger partial charge in [-0.3, -0.25) is 4.72 Å². The SMILES string of the molecule is CCn1cc(S(=O)(=O)Nc2cc(C)ccc2O)nc1C. The number of hydrogen-bond donors (Lipinski definition) is 2. The lowest BCUT2D eigenvalue weighted by molar-refractivity contribution is 0.477. The molecular weight excluding hydrogens is 278 g/mol. The molecule has 1 aromatic heterocycles. The maximum Gasteiger partial charge on any atom is 0.281 e. The van der Waals surface area contributed by atoms with Gasteiger partial charge in [0.2, 0.25) is 0 Å². The van der Waals surface area contributed by atoms with Gasteiger partial charge in [-0.05, 0) is 38.5 Å². The van der Waals surface area contributed by atoms with Crippen molar-refractivity contribution in [3.8, 4) is 5.75 Å². The van der Waals surface area contributed by atoms with Gasteiger partial charge in [0.15, 0.2) is 5.03 Å². The van der Waals surface area contributed by atoms with Gasteiger partial charge in [0.1, 0.15) is 11.6 Å². The largest absolute Gasteiger partial charge is 0.506 e. The van der Waals surface area contributed by atoms with E-state index in [0.717, 1.165) is 5.56 Å². The number of aryl methyl sites for hydroxylation is 3. The highest BCUT2D eigenvalue weighted by atomic mass is 32.2. The van der Waals surface area contributed by atoms with E-state index in [4.69, 9.17) is 0 Å². The molecule has 0 aliphatic rings. The van der Waals surface area contributed by atoms with Crippen LogP contribution in [-0.4, -0.2) is 23.1 Å². The van der Waals surface area contributed by atoms with Crippen LogP contribution in [0.25, 0.3) is 0 Å². The zero-order valence-electron chi connectivity index (χ0n) is 11.6. The Morgan fingerprint density at radius 1 is 1.35 bits per heavy atom. The lowest BCUT2D eigenvalue weighted by Gasteiger charge is -2.08. The number of aromatic hydroxyl groups is 1. The van der Waals surface area contributed by atoms with Gasteiger partial charge in [-0.25, -0.2) is 4.98 Å². The van der Waals surface area contributed by atoms with Gasteiger partial charge in [-0.1, -0.05) is 6.07 Å². The van der Waals surface area contributed by atoms with Crippen LogP contribution in [0, 0.1) is 13.8 Å². The molecule has 0 saturated carbocycles. The minimum absolute atomic E-state index is 0.0576. The summed E-state index contributed by atoms with van der Waals surface area (Å²) in [6, 6.07) is 4.71. The number of rotatable bonds is 4. The van der Waals surface area contributed by atoms with Crippen LogP contribution in [0.3, 0.4) is 0 Å². The van der Waals surface area contributed by atoms with Crippen LogP contribution in [0.15, 0.2) is 29.4 Å². The minimum atomic E-state index is -3.81. The smallest absolute Gasteiger partial charge is 0.281 e. The molecule has 0 bridgehead atoms. The predicted octanol–water partition coefficient (Wildman–Crippen LogP) is 2.03. The van der Waals surface area contributed by atoms with Crippen molar-refractivity contribution < 1.29 is 13.5 Å². The van der Waals surface area contributed by atoms with Crippen molar-refractivity contribution in [1.82, 2.24) is 9.55 Å². The minimum Gasteiger partial charge on any atom is -0.506 e. The van der Waals surface area contributed by atoms with Gasteiger partial charge >= 0.3 is 0 Å². The lowest BCUT2D eigenvalue weighted by Crippen LogP contribution is -2.13. The van der Waals surface area contributed by atoms with Gasteiger partial charge in [0.05, 0.1) is 5.69 Å². The van der Waals surface area contributed by atoms with Crippen molar-refractivity contribution in [1.29, 1.82) is 0 Å². The average Bonchev–Trinajstić information content (AvgIpc) is 2.76. The Balaban J connectivity index is 2.37. The Kier molecular flexibility index (Phi) is 3.71. The number of sulfonamides is 1. The third kappa shape index (κ3) is 2.77. The number of nitrogens with zero attached hydrogens (tertiary/aromatic N) is 2. The van der Waals surface area contributed by atoms with E-state index in [0.29, 0.717) is 12.4 Å². The average molecular weight is 295 g/mol. The second kappa shape index (κ2) is 5.16. The molecule has 1 heterocycles. The highest BCUT2D eigenvalue weighted by Crippen LogP contribution is 2.26. The molecule has 2 rings (SSSR count). The van der Waals surface area contributed by atoms with Crippen LogP contribution < -0.4 is 4.72 Å². The van der Waals surface area contributed by atoms with E-state index in [2.05, 4.69) is 9.71 Å². The van der Waals surface area contributed by atoms with Crippen LogP contribution >= 0.6 is 0 Å². The van der Waals surface area contributed by atoms with Crippen LogP contribution in [0.4, 0.5) is 5.69 Å². The Bertz CT molecular complexity index is 735. The van der Waals surface area contributed by atoms with Gasteiger partial charge in [-0.2, -0.15) is 8.42 Å². The van der Waals surface area contributed by atoms with Crippen molar-refractivity contribution in [3.05, 3.63) is 35.8 Å². The lowest BCUT2D eigenvalue weighted by atomic mass is 10.2. The molecule has 108 valence electrons. The van der Waals surface area contributed by atoms with Crippen LogP contribution in [0.5, 0.6) is 5.75 Å². The summed E-state index contributed by atoms with van der Waals surface area (Å²) in [5, 5.41) is 9.64. The monoisotopic (exact) mass is 295 g/mol. The fourth-order valence-electron chi connectivity index (χ4n) is 1.86. The summed E-state index contributed by atoms with van der Waals surface area (Å²) in [6.07, 6.45) is 1.48. The topological polar surface area (TPSA) is 84.2 Å². The molecule has 2 aromatic rings. The quantitative estimate of drug-likeness (QED) is 0.845. The molecule has 2 N–H and O–H groups in total. The third-order valence-corrected chi connectivity index (χ3v) is 4.20. The Morgan fingerprint density at radius 2 is 2.05 bits per heavy atom. The maximum atomic E-state index is 12.2. The molecule has 0 atom stereocenters. The van der Waals surface area contributed by atoms with Gasteiger partial charge in [-0.15, -0.1) is 0 Å². The van der Waals surface area contributed by atoms with Gasteiger partial charge in [0, 0.05) is 12.7 Å². The summed E-state index contributed by atoms with van der Waals surface area (Å²) in [6.45, 7) is 6.11. The second-order valence-electron chi connectivity index (χ2n) is 4.54. The van der Waals surface area contributed by atoms with E-state index in [9.17, 15) is 13.5 Å². The third-order valence-electron chi connectivity index (χ3n) is 2.97. The van der Waals surface area contributed by atoms with E-state index >= 15 is 0 Å². The van der Waals surface area contributed by atoms with Gasteiger partial charge < -0.3 is 9.67 Å². The molecule has 7 heteroatoms. The molecule has 0 aliphatic carbocycles. The number of phenols is 1. The fraction of sp³-hybridized carbons (Fsp3) is 0.308. The predicted molar refractivity (Wildman–Crippen MR) is 76.3 cm³/mol. The van der Waals surface area contributed by atoms with Crippen molar-refractivity contribution >= 4 is 15.7 Å². The normalized spacial score (nSPS) is 11.6. The zero-order chi connectivity index (χ0) is 14.9. The molecule has 6 nitrogen and oxygen atoms in total. The summed E-state index contributed by atoms with van der Waals surface area (Å²) in [7, 11) is -3.81. The molecule has 0 unspecified atom stereocenters. The first-order valence-electron chi connectivity index (χ1n) is 6.19. The number of phenolic OH excluding ortho intramolecular Hbond substituents is 1. The Hall–Kier alpha value is -2.02. The number of imidazole rings is 1. The van der Waals surface area contributed by atoms with Crippen molar-refractivity contribution in [3.63, 3.8) is 0 Å². The van der Waals surface area contributed by atoms with E-state index in [1.807, 2.05) is 13.8 Å². The van der Waals surface area contributed by atoms with Crippen LogP contribution in [0.2, 0.25) is 0 Å². The highest BCUT2D eigenvalue weighted by Gasteiger charge is 2.20. The summed E-state index contributed by atoms with van der Waals surface area (Å²) >= 11 is 0. The van der Waals surface area contributed by atoms with Crippen LogP contribution in [0.1, 0.15) is 18.3 Å². The molecule has 1 aromatic carbocycles. The summed E-state index contributed by atoms with van der Waals surface area (Å²) in [4.78, 5) is 4.03. The van der Waals surface area contributed by atoms with E-state index in [1.165, 1.54) is 12.3 Å². The number of nitrogens with one attached hydrogen (secondary N) is 1. The summed E-state index contributed by atoms with van der Waals surface area (Å²) in [5.41, 5.74) is 0.990. The van der Waals surface area contributed by atoms with E-state index < -0.39 is 10.0 Å². The Morgan fingerprint density at radius 3 is 2.65 bits per heavy atom. The number of benzene rings is 1. The molecule has 20 heavy (non-hydrogen) atoms. The van der Waals surface area contributed by atoms with Gasteiger partial charge in [0.25, 0.3) is 10.0 Å². The van der Waals surface area contributed by atoms with Crippen molar-refractivity contribution in [2.45, 2.75) is 32.3 Å².